The molecule has 0 saturated heterocycles. The number of carbonyl (C=O) groups excluding carboxylic acids is 1. The maximum atomic E-state index is 12.4. The van der Waals surface area contributed by atoms with Crippen molar-refractivity contribution in [3.05, 3.63) is 59.2 Å². The van der Waals surface area contributed by atoms with E-state index in [1.165, 1.54) is 0 Å². The SMILES string of the molecule is Cc1ccc(NC(=O)/C(C#N)=C/c2ccc3c(c2)OCC(C)(C)CO3)cc1. The van der Waals surface area contributed by atoms with Crippen LogP contribution in [0.5, 0.6) is 11.5 Å². The summed E-state index contributed by atoms with van der Waals surface area (Å²) >= 11 is 0. The Labute approximate surface area is 159 Å². The fourth-order valence-corrected chi connectivity index (χ4v) is 2.58. The van der Waals surface area contributed by atoms with Gasteiger partial charge in [-0.1, -0.05) is 37.6 Å². The van der Waals surface area contributed by atoms with Gasteiger partial charge >= 0.3 is 0 Å². The number of rotatable bonds is 3. The molecule has 27 heavy (non-hydrogen) atoms. The number of aryl methyl sites for hydroxylation is 1. The molecule has 0 saturated carbocycles. The van der Waals surface area contributed by atoms with E-state index >= 15 is 0 Å². The van der Waals surface area contributed by atoms with Crippen LogP contribution in [0.4, 0.5) is 5.69 Å². The highest BCUT2D eigenvalue weighted by atomic mass is 16.5. The van der Waals surface area contributed by atoms with Gasteiger partial charge in [-0.05, 0) is 42.8 Å². The predicted molar refractivity (Wildman–Crippen MR) is 105 cm³/mol. The normalized spacial score (nSPS) is 15.4. The van der Waals surface area contributed by atoms with Crippen molar-refractivity contribution in [2.24, 2.45) is 5.41 Å². The number of ether oxygens (including phenoxy) is 2. The van der Waals surface area contributed by atoms with Crippen LogP contribution in [0.15, 0.2) is 48.0 Å². The summed E-state index contributed by atoms with van der Waals surface area (Å²) in [5.74, 6) is 0.834. The lowest BCUT2D eigenvalue weighted by Crippen LogP contribution is -2.26. The second kappa shape index (κ2) is 7.55. The third kappa shape index (κ3) is 4.68. The minimum atomic E-state index is -0.449. The summed E-state index contributed by atoms with van der Waals surface area (Å²) < 4.78 is 11.6. The zero-order valence-corrected chi connectivity index (χ0v) is 15.7. The molecule has 0 aliphatic carbocycles. The van der Waals surface area contributed by atoms with Gasteiger partial charge < -0.3 is 14.8 Å². The van der Waals surface area contributed by atoms with Crippen molar-refractivity contribution in [3.8, 4) is 17.6 Å². The number of carbonyl (C=O) groups is 1. The van der Waals surface area contributed by atoms with E-state index in [4.69, 9.17) is 9.47 Å². The number of nitriles is 1. The molecule has 138 valence electrons. The van der Waals surface area contributed by atoms with E-state index in [1.807, 2.05) is 25.1 Å². The average Bonchev–Trinajstić information content (AvgIpc) is 2.80. The van der Waals surface area contributed by atoms with Crippen LogP contribution < -0.4 is 14.8 Å². The summed E-state index contributed by atoms with van der Waals surface area (Å²) in [5.41, 5.74) is 2.38. The summed E-state index contributed by atoms with van der Waals surface area (Å²) in [4.78, 5) is 12.4. The number of benzene rings is 2. The summed E-state index contributed by atoms with van der Waals surface area (Å²) in [6, 6.07) is 14.8. The van der Waals surface area contributed by atoms with Crippen LogP contribution >= 0.6 is 0 Å². The van der Waals surface area contributed by atoms with E-state index in [-0.39, 0.29) is 11.0 Å². The minimum Gasteiger partial charge on any atom is -0.489 e. The summed E-state index contributed by atoms with van der Waals surface area (Å²) in [6.45, 7) is 7.22. The monoisotopic (exact) mass is 362 g/mol. The topological polar surface area (TPSA) is 71.4 Å². The van der Waals surface area contributed by atoms with Gasteiger partial charge in [-0.3, -0.25) is 4.79 Å². The molecular formula is C22H22N2O3. The Morgan fingerprint density at radius 3 is 2.44 bits per heavy atom. The van der Waals surface area contributed by atoms with Crippen molar-refractivity contribution in [1.82, 2.24) is 0 Å². The van der Waals surface area contributed by atoms with Crippen LogP contribution in [0.1, 0.15) is 25.0 Å². The molecule has 3 rings (SSSR count). The van der Waals surface area contributed by atoms with Gasteiger partial charge in [0.15, 0.2) is 11.5 Å². The number of fused-ring (bicyclic) bond motifs is 1. The number of nitrogens with one attached hydrogen (secondary N) is 1. The molecule has 1 aliphatic heterocycles. The van der Waals surface area contributed by atoms with Crippen molar-refractivity contribution in [1.29, 1.82) is 5.26 Å². The Morgan fingerprint density at radius 1 is 1.11 bits per heavy atom. The van der Waals surface area contributed by atoms with E-state index in [1.54, 1.807) is 36.4 Å². The second-order valence-corrected chi connectivity index (χ2v) is 7.44. The van der Waals surface area contributed by atoms with Crippen LogP contribution in [0.3, 0.4) is 0 Å². The molecule has 0 fully saturated rings. The number of hydrogen-bond acceptors (Lipinski definition) is 4. The Morgan fingerprint density at radius 2 is 1.78 bits per heavy atom. The summed E-state index contributed by atoms with van der Waals surface area (Å²) in [6.07, 6.45) is 1.54. The lowest BCUT2D eigenvalue weighted by molar-refractivity contribution is -0.112. The Balaban J connectivity index is 1.80. The molecule has 0 unspecified atom stereocenters. The number of nitrogens with zero attached hydrogens (tertiary/aromatic N) is 1. The van der Waals surface area contributed by atoms with Crippen LogP contribution in [0.2, 0.25) is 0 Å². The van der Waals surface area contributed by atoms with Gasteiger partial charge in [0.05, 0.1) is 13.2 Å². The average molecular weight is 362 g/mol. The van der Waals surface area contributed by atoms with Crippen molar-refractivity contribution >= 4 is 17.7 Å². The molecule has 0 radical (unpaired) electrons. The molecule has 0 aromatic heterocycles. The highest BCUT2D eigenvalue weighted by Gasteiger charge is 2.25. The smallest absolute Gasteiger partial charge is 0.266 e. The van der Waals surface area contributed by atoms with Crippen molar-refractivity contribution in [2.75, 3.05) is 18.5 Å². The highest BCUT2D eigenvalue weighted by molar-refractivity contribution is 6.09. The molecule has 1 amide bonds. The molecule has 0 bridgehead atoms. The van der Waals surface area contributed by atoms with Crippen molar-refractivity contribution in [3.63, 3.8) is 0 Å². The third-order valence-electron chi connectivity index (χ3n) is 4.19. The van der Waals surface area contributed by atoms with Gasteiger partial charge in [-0.15, -0.1) is 0 Å². The maximum Gasteiger partial charge on any atom is 0.266 e. The molecule has 1 aliphatic rings. The van der Waals surface area contributed by atoms with Crippen LogP contribution in [-0.2, 0) is 4.79 Å². The lowest BCUT2D eigenvalue weighted by Gasteiger charge is -2.19. The van der Waals surface area contributed by atoms with E-state index in [0.29, 0.717) is 36.0 Å². The van der Waals surface area contributed by atoms with E-state index < -0.39 is 5.91 Å². The van der Waals surface area contributed by atoms with E-state index in [9.17, 15) is 10.1 Å². The van der Waals surface area contributed by atoms with Crippen molar-refractivity contribution < 1.29 is 14.3 Å². The molecule has 2 aromatic rings. The van der Waals surface area contributed by atoms with Gasteiger partial charge in [0.2, 0.25) is 0 Å². The van der Waals surface area contributed by atoms with Gasteiger partial charge in [-0.2, -0.15) is 5.26 Å². The molecule has 1 N–H and O–H groups in total. The molecule has 0 atom stereocenters. The second-order valence-electron chi connectivity index (χ2n) is 7.44. The summed E-state index contributed by atoms with van der Waals surface area (Å²) in [5, 5.41) is 12.1. The van der Waals surface area contributed by atoms with Crippen LogP contribution in [0.25, 0.3) is 6.08 Å². The minimum absolute atomic E-state index is 0.0189. The molecule has 0 spiro atoms. The van der Waals surface area contributed by atoms with Gasteiger partial charge in [-0.25, -0.2) is 0 Å². The zero-order chi connectivity index (χ0) is 19.4. The quantitative estimate of drug-likeness (QED) is 0.651. The number of amides is 1. The predicted octanol–water partition coefficient (Wildman–Crippen LogP) is 4.34. The van der Waals surface area contributed by atoms with Crippen LogP contribution in [0, 0.1) is 23.7 Å². The molecular weight excluding hydrogens is 340 g/mol. The van der Waals surface area contributed by atoms with E-state index in [0.717, 1.165) is 5.56 Å². The Kier molecular flexibility index (Phi) is 5.18. The molecule has 5 nitrogen and oxygen atoms in total. The Bertz CT molecular complexity index is 922. The first kappa shape index (κ1) is 18.5. The zero-order valence-electron chi connectivity index (χ0n) is 15.7. The highest BCUT2D eigenvalue weighted by Crippen LogP contribution is 2.34. The fraction of sp³-hybridized carbons (Fsp3) is 0.273. The lowest BCUT2D eigenvalue weighted by atomic mass is 9.97. The molecule has 5 heteroatoms. The first-order valence-corrected chi connectivity index (χ1v) is 8.76. The van der Waals surface area contributed by atoms with Gasteiger partial charge in [0.1, 0.15) is 11.6 Å². The first-order chi connectivity index (χ1) is 12.9. The Hall–Kier alpha value is -3.26. The van der Waals surface area contributed by atoms with Crippen LogP contribution in [-0.4, -0.2) is 19.1 Å². The van der Waals surface area contributed by atoms with E-state index in [2.05, 4.69) is 19.2 Å². The van der Waals surface area contributed by atoms with Gasteiger partial charge in [0.25, 0.3) is 5.91 Å². The third-order valence-corrected chi connectivity index (χ3v) is 4.19. The van der Waals surface area contributed by atoms with Crippen molar-refractivity contribution in [2.45, 2.75) is 20.8 Å². The largest absolute Gasteiger partial charge is 0.489 e. The van der Waals surface area contributed by atoms with Gasteiger partial charge in [0, 0.05) is 11.1 Å². The maximum absolute atomic E-state index is 12.4. The standard InChI is InChI=1S/C22H22N2O3/c1-15-4-7-18(8-5-15)24-21(25)17(12-23)10-16-6-9-19-20(11-16)27-14-22(2,3)13-26-19/h4-11H,13-14H2,1-3H3,(H,24,25)/b17-10+. The number of hydrogen-bond donors (Lipinski definition) is 1. The fourth-order valence-electron chi connectivity index (χ4n) is 2.58. The number of anilines is 1. The first-order valence-electron chi connectivity index (χ1n) is 8.76. The molecule has 2 aromatic carbocycles. The summed E-state index contributed by atoms with van der Waals surface area (Å²) in [7, 11) is 0. The molecule has 1 heterocycles.